The minimum Gasteiger partial charge on any atom is -0.344 e. The molecule has 0 aliphatic carbocycles. The van der Waals surface area contributed by atoms with E-state index in [1.807, 2.05) is 13.8 Å². The van der Waals surface area contributed by atoms with Crippen molar-refractivity contribution >= 4 is 5.91 Å². The van der Waals surface area contributed by atoms with Gasteiger partial charge in [0.25, 0.3) is 0 Å². The van der Waals surface area contributed by atoms with Gasteiger partial charge in [0.1, 0.15) is 0 Å². The van der Waals surface area contributed by atoms with Gasteiger partial charge in [-0.25, -0.2) is 0 Å². The summed E-state index contributed by atoms with van der Waals surface area (Å²) in [6.07, 6.45) is -3.28. The monoisotopic (exact) mass is 266 g/mol. The van der Waals surface area contributed by atoms with Crippen molar-refractivity contribution in [2.75, 3.05) is 20.1 Å². The van der Waals surface area contributed by atoms with Crippen LogP contribution >= 0.6 is 0 Å². The minimum absolute atomic E-state index is 0.207. The third kappa shape index (κ3) is 4.15. The highest BCUT2D eigenvalue weighted by Gasteiger charge is 2.39. The lowest BCUT2D eigenvalue weighted by Gasteiger charge is -2.40. The van der Waals surface area contributed by atoms with Gasteiger partial charge in [-0.05, 0) is 24.8 Å². The van der Waals surface area contributed by atoms with Gasteiger partial charge in [-0.3, -0.25) is 4.79 Å². The van der Waals surface area contributed by atoms with Crippen LogP contribution in [-0.4, -0.2) is 43.2 Å². The molecular weight excluding hydrogens is 245 g/mol. The van der Waals surface area contributed by atoms with E-state index in [1.165, 1.54) is 11.9 Å². The maximum atomic E-state index is 12.1. The molecule has 0 spiro atoms. The topological polar surface area (TPSA) is 32.3 Å². The van der Waals surface area contributed by atoms with Gasteiger partial charge < -0.3 is 10.2 Å². The molecule has 0 aromatic heterocycles. The van der Waals surface area contributed by atoms with E-state index in [0.29, 0.717) is 0 Å². The van der Waals surface area contributed by atoms with E-state index in [0.717, 1.165) is 19.4 Å². The Hall–Kier alpha value is -0.780. The fourth-order valence-corrected chi connectivity index (χ4v) is 2.26. The number of alkyl halides is 3. The van der Waals surface area contributed by atoms with Crippen LogP contribution in [0.1, 0.15) is 33.1 Å². The lowest BCUT2D eigenvalue weighted by atomic mass is 9.77. The van der Waals surface area contributed by atoms with E-state index in [4.69, 9.17) is 0 Å². The lowest BCUT2D eigenvalue weighted by Crippen LogP contribution is -2.56. The quantitative estimate of drug-likeness (QED) is 0.849. The average Bonchev–Trinajstić information content (AvgIpc) is 2.23. The van der Waals surface area contributed by atoms with E-state index in [9.17, 15) is 18.0 Å². The fraction of sp³-hybridized carbons (Fsp3) is 0.917. The second-order valence-electron chi connectivity index (χ2n) is 5.60. The van der Waals surface area contributed by atoms with Crippen molar-refractivity contribution in [3.05, 3.63) is 0 Å². The standard InChI is InChI=1S/C12H21F3N2O/c1-11(2)5-4-7-16-9(11)10(18)17(3)8-6-12(13,14)15/h9,16H,4-8H2,1-3H3. The Morgan fingerprint density at radius 2 is 2.06 bits per heavy atom. The Morgan fingerprint density at radius 1 is 1.44 bits per heavy atom. The first-order valence-corrected chi connectivity index (χ1v) is 6.18. The van der Waals surface area contributed by atoms with E-state index in [-0.39, 0.29) is 23.9 Å². The Morgan fingerprint density at radius 3 is 2.56 bits per heavy atom. The van der Waals surface area contributed by atoms with Crippen LogP contribution in [0, 0.1) is 5.41 Å². The molecule has 1 aliphatic rings. The molecule has 106 valence electrons. The van der Waals surface area contributed by atoms with Gasteiger partial charge in [0, 0.05) is 13.6 Å². The van der Waals surface area contributed by atoms with E-state index in [1.54, 1.807) is 0 Å². The second kappa shape index (κ2) is 5.47. The molecule has 0 bridgehead atoms. The first-order chi connectivity index (χ1) is 8.13. The van der Waals surface area contributed by atoms with Gasteiger partial charge in [-0.2, -0.15) is 13.2 Å². The molecule has 1 atom stereocenters. The summed E-state index contributed by atoms with van der Waals surface area (Å²) >= 11 is 0. The Kier molecular flexibility index (Phi) is 4.64. The van der Waals surface area contributed by atoms with Crippen LogP contribution in [0.5, 0.6) is 0 Å². The number of piperidine rings is 1. The summed E-state index contributed by atoms with van der Waals surface area (Å²) in [4.78, 5) is 13.3. The summed E-state index contributed by atoms with van der Waals surface area (Å²) in [5.74, 6) is -0.246. The molecule has 0 radical (unpaired) electrons. The number of amides is 1. The number of hydrogen-bond donors (Lipinski definition) is 1. The second-order valence-corrected chi connectivity index (χ2v) is 5.60. The van der Waals surface area contributed by atoms with Crippen LogP contribution < -0.4 is 5.32 Å². The fourth-order valence-electron chi connectivity index (χ4n) is 2.26. The molecule has 1 saturated heterocycles. The maximum absolute atomic E-state index is 12.1. The number of hydrogen-bond acceptors (Lipinski definition) is 2. The average molecular weight is 266 g/mol. The molecule has 3 nitrogen and oxygen atoms in total. The lowest BCUT2D eigenvalue weighted by molar-refractivity contribution is -0.147. The zero-order chi connectivity index (χ0) is 14.0. The zero-order valence-electron chi connectivity index (χ0n) is 11.1. The number of carbonyl (C=O) groups is 1. The van der Waals surface area contributed by atoms with E-state index in [2.05, 4.69) is 5.32 Å². The Bertz CT molecular complexity index is 302. The van der Waals surface area contributed by atoms with Crippen LogP contribution in [0.4, 0.5) is 13.2 Å². The highest BCUT2D eigenvalue weighted by atomic mass is 19.4. The third-order valence-corrected chi connectivity index (χ3v) is 3.48. The molecular formula is C12H21F3N2O. The van der Waals surface area contributed by atoms with Crippen molar-refractivity contribution in [3.8, 4) is 0 Å². The van der Waals surface area contributed by atoms with Crippen LogP contribution in [0.15, 0.2) is 0 Å². The first kappa shape index (κ1) is 15.3. The van der Waals surface area contributed by atoms with Crippen LogP contribution in [-0.2, 0) is 4.79 Å². The molecule has 0 aromatic carbocycles. The van der Waals surface area contributed by atoms with Gasteiger partial charge in [0.2, 0.25) is 5.91 Å². The van der Waals surface area contributed by atoms with E-state index >= 15 is 0 Å². The number of halogens is 3. The molecule has 6 heteroatoms. The van der Waals surface area contributed by atoms with Crippen molar-refractivity contribution in [2.24, 2.45) is 5.41 Å². The highest BCUT2D eigenvalue weighted by Crippen LogP contribution is 2.31. The minimum atomic E-state index is -4.22. The summed E-state index contributed by atoms with van der Waals surface area (Å²) in [5.41, 5.74) is -0.207. The summed E-state index contributed by atoms with van der Waals surface area (Å²) in [7, 11) is 1.43. The van der Waals surface area contributed by atoms with Crippen molar-refractivity contribution in [1.29, 1.82) is 0 Å². The molecule has 1 N–H and O–H groups in total. The number of carbonyl (C=O) groups excluding carboxylic acids is 1. The van der Waals surface area contributed by atoms with Crippen LogP contribution in [0.3, 0.4) is 0 Å². The SMILES string of the molecule is CN(CCC(F)(F)F)C(=O)C1NCCCC1(C)C. The maximum Gasteiger partial charge on any atom is 0.390 e. The number of nitrogens with zero attached hydrogens (tertiary/aromatic N) is 1. The molecule has 1 amide bonds. The van der Waals surface area contributed by atoms with Crippen LogP contribution in [0.25, 0.3) is 0 Å². The van der Waals surface area contributed by atoms with Crippen LogP contribution in [0.2, 0.25) is 0 Å². The van der Waals surface area contributed by atoms with E-state index < -0.39 is 12.6 Å². The normalized spacial score (nSPS) is 23.8. The molecule has 1 rings (SSSR count). The van der Waals surface area contributed by atoms with Crippen molar-refractivity contribution < 1.29 is 18.0 Å². The summed E-state index contributed by atoms with van der Waals surface area (Å²) < 4.78 is 36.4. The first-order valence-electron chi connectivity index (χ1n) is 6.18. The van der Waals surface area contributed by atoms with Gasteiger partial charge in [-0.1, -0.05) is 13.8 Å². The summed E-state index contributed by atoms with van der Waals surface area (Å²) in [6, 6.07) is -0.385. The molecule has 0 saturated carbocycles. The largest absolute Gasteiger partial charge is 0.390 e. The number of likely N-dealkylation sites (N-methyl/N-ethyl adjacent to an activating group) is 1. The van der Waals surface area contributed by atoms with Crippen molar-refractivity contribution in [1.82, 2.24) is 10.2 Å². The Balaban J connectivity index is 2.57. The Labute approximate surface area is 106 Å². The molecule has 1 heterocycles. The van der Waals surface area contributed by atoms with Crippen molar-refractivity contribution in [2.45, 2.75) is 45.3 Å². The molecule has 0 aromatic rings. The van der Waals surface area contributed by atoms with Crippen molar-refractivity contribution in [3.63, 3.8) is 0 Å². The predicted molar refractivity (Wildman–Crippen MR) is 63.1 cm³/mol. The zero-order valence-corrected chi connectivity index (χ0v) is 11.1. The molecule has 1 fully saturated rings. The summed E-state index contributed by atoms with van der Waals surface area (Å²) in [5, 5.41) is 3.11. The molecule has 1 aliphatic heterocycles. The smallest absolute Gasteiger partial charge is 0.344 e. The van der Waals surface area contributed by atoms with Gasteiger partial charge >= 0.3 is 6.18 Å². The van der Waals surface area contributed by atoms with Gasteiger partial charge in [0.15, 0.2) is 0 Å². The number of nitrogens with one attached hydrogen (secondary N) is 1. The highest BCUT2D eigenvalue weighted by molar-refractivity contribution is 5.82. The summed E-state index contributed by atoms with van der Waals surface area (Å²) in [6.45, 7) is 4.40. The van der Waals surface area contributed by atoms with Gasteiger partial charge in [-0.15, -0.1) is 0 Å². The third-order valence-electron chi connectivity index (χ3n) is 3.48. The predicted octanol–water partition coefficient (Wildman–Crippen LogP) is 2.18. The molecule has 1 unspecified atom stereocenters. The molecule has 18 heavy (non-hydrogen) atoms. The number of rotatable bonds is 3. The van der Waals surface area contributed by atoms with Gasteiger partial charge in [0.05, 0.1) is 12.5 Å².